The van der Waals surface area contributed by atoms with Crippen LogP contribution in [0, 0.1) is 0 Å². The fraction of sp³-hybridized carbons (Fsp3) is 0.185. The van der Waals surface area contributed by atoms with E-state index >= 15 is 0 Å². The average molecular weight is 496 g/mol. The summed E-state index contributed by atoms with van der Waals surface area (Å²) in [6, 6.07) is 15.1. The second-order valence-electron chi connectivity index (χ2n) is 8.74. The number of rotatable bonds is 4. The molecule has 178 valence electrons. The minimum absolute atomic E-state index is 0.153. The average Bonchev–Trinajstić information content (AvgIpc) is 3.10. The van der Waals surface area contributed by atoms with Crippen molar-refractivity contribution in [2.45, 2.75) is 36.4 Å². The zero-order chi connectivity index (χ0) is 25.1. The molecule has 8 heteroatoms. The maximum absolute atomic E-state index is 13.3. The molecule has 2 atom stereocenters. The number of benzene rings is 3. The lowest BCUT2D eigenvalue weighted by Crippen LogP contribution is -2.24. The van der Waals surface area contributed by atoms with Crippen molar-refractivity contribution >= 4 is 35.3 Å². The Morgan fingerprint density at radius 2 is 1.71 bits per heavy atom. The number of ketones is 1. The minimum Gasteiger partial charge on any atom is -0.481 e. The number of alkyl halides is 3. The van der Waals surface area contributed by atoms with Gasteiger partial charge in [-0.25, -0.2) is 0 Å². The number of fused-ring (bicyclic) bond motifs is 6. The summed E-state index contributed by atoms with van der Waals surface area (Å²) >= 11 is 4.59. The number of carboxylic acid groups (broad SMARTS) is 1. The number of aliphatic carboxylic acids is 1. The van der Waals surface area contributed by atoms with Crippen LogP contribution >= 0.6 is 12.6 Å². The van der Waals surface area contributed by atoms with Gasteiger partial charge in [-0.15, -0.1) is 12.6 Å². The summed E-state index contributed by atoms with van der Waals surface area (Å²) < 4.78 is 41.6. The van der Waals surface area contributed by atoms with E-state index in [1.165, 1.54) is 6.07 Å². The normalized spacial score (nSPS) is 17.2. The van der Waals surface area contributed by atoms with Crippen LogP contribution in [0.2, 0.25) is 0 Å². The van der Waals surface area contributed by atoms with E-state index in [1.54, 1.807) is 28.8 Å². The summed E-state index contributed by atoms with van der Waals surface area (Å²) in [5.74, 6) is -1.84. The largest absolute Gasteiger partial charge is 0.481 e. The van der Waals surface area contributed by atoms with Gasteiger partial charge < -0.3 is 9.67 Å². The first-order chi connectivity index (χ1) is 16.6. The molecule has 0 saturated heterocycles. The van der Waals surface area contributed by atoms with E-state index in [0.29, 0.717) is 27.1 Å². The van der Waals surface area contributed by atoms with Crippen molar-refractivity contribution in [1.29, 1.82) is 0 Å². The van der Waals surface area contributed by atoms with Gasteiger partial charge in [-0.3, -0.25) is 9.59 Å². The Labute approximate surface area is 204 Å². The molecule has 0 aliphatic carbocycles. The smallest absolute Gasteiger partial charge is 0.416 e. The Balaban J connectivity index is 1.73. The number of aromatic nitrogens is 1. The lowest BCUT2D eigenvalue weighted by molar-refractivity contribution is -0.141. The molecule has 0 radical (unpaired) electrons. The molecule has 2 heterocycles. The molecule has 1 aliphatic heterocycles. The molecule has 3 aromatic carbocycles. The molecule has 0 spiro atoms. The summed E-state index contributed by atoms with van der Waals surface area (Å²) in [6.45, 7) is 1.99. The van der Waals surface area contributed by atoms with E-state index in [4.69, 9.17) is 0 Å². The molecule has 35 heavy (non-hydrogen) atoms. The van der Waals surface area contributed by atoms with Crippen LogP contribution in [0.5, 0.6) is 0 Å². The van der Waals surface area contributed by atoms with Gasteiger partial charge >= 0.3 is 12.1 Å². The Kier molecular flexibility index (Phi) is 5.51. The quantitative estimate of drug-likeness (QED) is 0.244. The Morgan fingerprint density at radius 1 is 1.00 bits per heavy atom. The molecule has 2 unspecified atom stereocenters. The highest BCUT2D eigenvalue weighted by molar-refractivity contribution is 7.80. The zero-order valence-electron chi connectivity index (χ0n) is 18.5. The van der Waals surface area contributed by atoms with Gasteiger partial charge in [0.15, 0.2) is 5.78 Å². The van der Waals surface area contributed by atoms with E-state index < -0.39 is 36.0 Å². The second kappa shape index (κ2) is 8.30. The van der Waals surface area contributed by atoms with Crippen molar-refractivity contribution in [3.8, 4) is 11.1 Å². The summed E-state index contributed by atoms with van der Waals surface area (Å²) in [4.78, 5) is 25.2. The lowest BCUT2D eigenvalue weighted by Gasteiger charge is -2.25. The Morgan fingerprint density at radius 3 is 2.43 bits per heavy atom. The van der Waals surface area contributed by atoms with Gasteiger partial charge in [-0.2, -0.15) is 13.2 Å². The summed E-state index contributed by atoms with van der Waals surface area (Å²) in [5.41, 5.74) is 3.47. The number of thiol groups is 1. The van der Waals surface area contributed by atoms with Crippen molar-refractivity contribution in [3.05, 3.63) is 89.1 Å². The van der Waals surface area contributed by atoms with Crippen LogP contribution in [0.3, 0.4) is 0 Å². The third-order valence-electron chi connectivity index (χ3n) is 6.62. The number of hydrogen-bond acceptors (Lipinski definition) is 3. The standard InChI is InChI=1S/C27H20F3NO3S/c1-14-18-6-3-7-23(35)25(18)26(22(32)12-24(33)34)31-13-20(14)19-11-16(8-9-21(19)31)15-4-2-5-17(10-15)27(28,29)30/h2-11,13-14,26,35H,12H2,1H3,(H,33,34). The molecule has 0 saturated carbocycles. The first-order valence-electron chi connectivity index (χ1n) is 10.9. The maximum Gasteiger partial charge on any atom is 0.416 e. The second-order valence-corrected chi connectivity index (χ2v) is 9.23. The van der Waals surface area contributed by atoms with Crippen molar-refractivity contribution in [3.63, 3.8) is 0 Å². The van der Waals surface area contributed by atoms with Crippen LogP contribution < -0.4 is 0 Å². The number of halogens is 3. The molecule has 1 aromatic heterocycles. The van der Waals surface area contributed by atoms with Crippen molar-refractivity contribution in [1.82, 2.24) is 4.57 Å². The molecule has 1 N–H and O–H groups in total. The molecular formula is C27H20F3NO3S. The number of carbonyl (C=O) groups excluding carboxylic acids is 1. The Hall–Kier alpha value is -3.52. The highest BCUT2D eigenvalue weighted by Crippen LogP contribution is 2.45. The molecule has 1 aliphatic rings. The van der Waals surface area contributed by atoms with E-state index in [9.17, 15) is 27.9 Å². The first-order valence-corrected chi connectivity index (χ1v) is 11.4. The SMILES string of the molecule is CC1c2cccc(S)c2C(C(=O)CC(=O)O)n2cc1c1cc(-c3cccc(C(F)(F)F)c3)ccc12. The fourth-order valence-corrected chi connectivity index (χ4v) is 5.35. The number of Topliss-reactive ketones (excluding diaryl/α,β-unsaturated/α-hetero) is 1. The van der Waals surface area contributed by atoms with E-state index in [2.05, 4.69) is 12.6 Å². The van der Waals surface area contributed by atoms with Gasteiger partial charge in [0.2, 0.25) is 0 Å². The van der Waals surface area contributed by atoms with Crippen LogP contribution in [0.25, 0.3) is 22.0 Å². The van der Waals surface area contributed by atoms with Crippen LogP contribution in [-0.2, 0) is 15.8 Å². The lowest BCUT2D eigenvalue weighted by atomic mass is 9.85. The van der Waals surface area contributed by atoms with Crippen LogP contribution in [0.4, 0.5) is 13.2 Å². The maximum atomic E-state index is 13.3. The zero-order valence-corrected chi connectivity index (χ0v) is 19.4. The first kappa shape index (κ1) is 23.2. The summed E-state index contributed by atoms with van der Waals surface area (Å²) in [6.07, 6.45) is -3.24. The molecule has 2 bridgehead atoms. The third kappa shape index (κ3) is 3.91. The highest BCUT2D eigenvalue weighted by atomic mass is 32.1. The molecule has 4 nitrogen and oxygen atoms in total. The monoisotopic (exact) mass is 495 g/mol. The molecule has 0 amide bonds. The predicted molar refractivity (Wildman–Crippen MR) is 129 cm³/mol. The number of hydrogen-bond donors (Lipinski definition) is 2. The van der Waals surface area contributed by atoms with Crippen LogP contribution in [0.15, 0.2) is 71.8 Å². The van der Waals surface area contributed by atoms with Gasteiger partial charge in [-0.1, -0.05) is 37.3 Å². The highest BCUT2D eigenvalue weighted by Gasteiger charge is 2.35. The molecule has 0 fully saturated rings. The van der Waals surface area contributed by atoms with E-state index in [0.717, 1.165) is 28.6 Å². The number of carboxylic acids is 1. The predicted octanol–water partition coefficient (Wildman–Crippen LogP) is 6.71. The Bertz CT molecular complexity index is 1510. The number of nitrogens with zero attached hydrogens (tertiary/aromatic N) is 1. The van der Waals surface area contributed by atoms with Gasteiger partial charge in [0.25, 0.3) is 0 Å². The van der Waals surface area contributed by atoms with Crippen LogP contribution in [0.1, 0.15) is 47.6 Å². The fourth-order valence-electron chi connectivity index (χ4n) is 5.01. The summed E-state index contributed by atoms with van der Waals surface area (Å²) in [7, 11) is 0. The molecule has 5 rings (SSSR count). The van der Waals surface area contributed by atoms with Gasteiger partial charge in [0, 0.05) is 27.9 Å². The van der Waals surface area contributed by atoms with Gasteiger partial charge in [0.1, 0.15) is 12.5 Å². The molecular weight excluding hydrogens is 475 g/mol. The van der Waals surface area contributed by atoms with Crippen molar-refractivity contribution in [2.75, 3.05) is 0 Å². The third-order valence-corrected chi connectivity index (χ3v) is 7.01. The molecule has 4 aromatic rings. The van der Waals surface area contributed by atoms with E-state index in [1.807, 2.05) is 31.3 Å². The van der Waals surface area contributed by atoms with Crippen molar-refractivity contribution in [2.24, 2.45) is 0 Å². The number of carbonyl (C=O) groups is 2. The topological polar surface area (TPSA) is 59.3 Å². The van der Waals surface area contributed by atoms with Crippen LogP contribution in [-0.4, -0.2) is 21.4 Å². The minimum atomic E-state index is -4.45. The van der Waals surface area contributed by atoms with Gasteiger partial charge in [0.05, 0.1) is 5.56 Å². The van der Waals surface area contributed by atoms with Crippen molar-refractivity contribution < 1.29 is 27.9 Å². The van der Waals surface area contributed by atoms with E-state index in [-0.39, 0.29) is 5.92 Å². The van der Waals surface area contributed by atoms with Gasteiger partial charge in [-0.05, 0) is 58.1 Å². The summed E-state index contributed by atoms with van der Waals surface area (Å²) in [5, 5.41) is 10.1.